The number of cyclic esters (lactones) is 1. The molecule has 7 nitrogen and oxygen atoms in total. The number of rotatable bonds is 4. The summed E-state index contributed by atoms with van der Waals surface area (Å²) in [5.74, 6) is -1.69. The van der Waals surface area contributed by atoms with Crippen molar-refractivity contribution in [1.82, 2.24) is 5.32 Å². The molecule has 2 amide bonds. The van der Waals surface area contributed by atoms with E-state index < -0.39 is 23.8 Å². The summed E-state index contributed by atoms with van der Waals surface area (Å²) in [6.07, 6.45) is 0.721. The van der Waals surface area contributed by atoms with Crippen LogP contribution in [0.15, 0.2) is 17.1 Å². The van der Waals surface area contributed by atoms with E-state index in [-0.39, 0.29) is 35.8 Å². The third-order valence-corrected chi connectivity index (χ3v) is 5.65. The van der Waals surface area contributed by atoms with Crippen molar-refractivity contribution >= 4 is 29.1 Å². The first kappa shape index (κ1) is 18.6. The van der Waals surface area contributed by atoms with Gasteiger partial charge >= 0.3 is 6.09 Å². The van der Waals surface area contributed by atoms with E-state index in [1.807, 2.05) is 0 Å². The lowest BCUT2D eigenvalue weighted by atomic mass is 10.1. The second-order valence-electron chi connectivity index (χ2n) is 7.62. The molecule has 2 saturated heterocycles. The predicted octanol–water partition coefficient (Wildman–Crippen LogP) is 2.10. The molecule has 3 aliphatic rings. The van der Waals surface area contributed by atoms with E-state index in [1.54, 1.807) is 11.9 Å². The predicted molar refractivity (Wildman–Crippen MR) is 99.9 cm³/mol. The summed E-state index contributed by atoms with van der Waals surface area (Å²) >= 11 is 0. The molecule has 4 rings (SSSR count). The summed E-state index contributed by atoms with van der Waals surface area (Å²) in [5.41, 5.74) is 0.969. The third kappa shape index (κ3) is 3.18. The normalized spacial score (nSPS) is 24.2. The largest absolute Gasteiger partial charge is 0.442 e. The van der Waals surface area contributed by atoms with Gasteiger partial charge in [-0.05, 0) is 12.8 Å². The standard InChI is InChI=1S/C19H22F2N4O3/c1-11(26)23-7-13-8-25(18(27)28-13)12-5-14(20)17(15(21)6-12)24-9-16(22-2)19(10-24)3-4-19/h5-6,13H,3-4,7-10H2,1-2H3,(H,23,26). The molecule has 2 heterocycles. The van der Waals surface area contributed by atoms with Crippen molar-refractivity contribution in [3.63, 3.8) is 0 Å². The summed E-state index contributed by atoms with van der Waals surface area (Å²) in [6, 6.07) is 2.31. The van der Waals surface area contributed by atoms with Gasteiger partial charge in [0.15, 0.2) is 11.6 Å². The Labute approximate surface area is 161 Å². The highest BCUT2D eigenvalue weighted by Gasteiger charge is 2.53. The van der Waals surface area contributed by atoms with E-state index in [9.17, 15) is 18.4 Å². The Hall–Kier alpha value is -2.71. The summed E-state index contributed by atoms with van der Waals surface area (Å²) in [5, 5.41) is 2.56. The Balaban J connectivity index is 1.54. The number of anilines is 2. The highest BCUT2D eigenvalue weighted by Crippen LogP contribution is 2.52. The summed E-state index contributed by atoms with van der Waals surface area (Å²) in [7, 11) is 1.71. The summed E-state index contributed by atoms with van der Waals surface area (Å²) in [6.45, 7) is 2.58. The fourth-order valence-electron chi connectivity index (χ4n) is 4.03. The number of aliphatic imine (C=N–C) groups is 1. The zero-order chi connectivity index (χ0) is 20.1. The van der Waals surface area contributed by atoms with Crippen molar-refractivity contribution in [3.05, 3.63) is 23.8 Å². The molecule has 0 bridgehead atoms. The van der Waals surface area contributed by atoms with Crippen molar-refractivity contribution in [2.75, 3.05) is 43.0 Å². The number of benzene rings is 1. The molecule has 150 valence electrons. The van der Waals surface area contributed by atoms with E-state index in [0.717, 1.165) is 30.7 Å². The van der Waals surface area contributed by atoms with Crippen LogP contribution < -0.4 is 15.1 Å². The van der Waals surface area contributed by atoms with Gasteiger partial charge in [-0.15, -0.1) is 0 Å². The first-order valence-electron chi connectivity index (χ1n) is 9.26. The maximum Gasteiger partial charge on any atom is 0.414 e. The number of halogens is 2. The van der Waals surface area contributed by atoms with Gasteiger partial charge in [-0.3, -0.25) is 14.7 Å². The third-order valence-electron chi connectivity index (χ3n) is 5.65. The number of hydrogen-bond acceptors (Lipinski definition) is 5. The van der Waals surface area contributed by atoms with Gasteiger partial charge in [0.1, 0.15) is 11.8 Å². The minimum atomic E-state index is -0.721. The molecule has 0 radical (unpaired) electrons. The Morgan fingerprint density at radius 1 is 1.36 bits per heavy atom. The number of ether oxygens (including phenoxy) is 1. The van der Waals surface area contributed by atoms with Gasteiger partial charge in [0.2, 0.25) is 5.91 Å². The number of carbonyl (C=O) groups excluding carboxylic acids is 2. The molecule has 1 aromatic rings. The lowest BCUT2D eigenvalue weighted by Gasteiger charge is -2.21. The number of amides is 2. The van der Waals surface area contributed by atoms with Gasteiger partial charge in [0.25, 0.3) is 0 Å². The van der Waals surface area contributed by atoms with Crippen LogP contribution in [0.3, 0.4) is 0 Å². The molecule has 28 heavy (non-hydrogen) atoms. The van der Waals surface area contributed by atoms with Crippen LogP contribution in [0.4, 0.5) is 25.0 Å². The quantitative estimate of drug-likeness (QED) is 0.852. The summed E-state index contributed by atoms with van der Waals surface area (Å²) in [4.78, 5) is 30.3. The van der Waals surface area contributed by atoms with Crippen molar-refractivity contribution in [2.45, 2.75) is 25.9 Å². The molecular formula is C19H22F2N4O3. The lowest BCUT2D eigenvalue weighted by Crippen LogP contribution is -2.33. The van der Waals surface area contributed by atoms with Crippen LogP contribution in [0.2, 0.25) is 0 Å². The zero-order valence-electron chi connectivity index (χ0n) is 15.8. The van der Waals surface area contributed by atoms with Crippen molar-refractivity contribution < 1.29 is 23.1 Å². The van der Waals surface area contributed by atoms with Gasteiger partial charge in [-0.1, -0.05) is 0 Å². The molecule has 1 aliphatic carbocycles. The molecule has 1 aromatic carbocycles. The fourth-order valence-corrected chi connectivity index (χ4v) is 4.03. The molecule has 1 N–H and O–H groups in total. The van der Waals surface area contributed by atoms with Crippen LogP contribution in [-0.2, 0) is 9.53 Å². The molecule has 1 unspecified atom stereocenters. The van der Waals surface area contributed by atoms with Crippen LogP contribution in [0.25, 0.3) is 0 Å². The fraction of sp³-hybridized carbons (Fsp3) is 0.526. The van der Waals surface area contributed by atoms with E-state index in [2.05, 4.69) is 10.3 Å². The summed E-state index contributed by atoms with van der Waals surface area (Å²) < 4.78 is 34.8. The second kappa shape index (κ2) is 6.72. The zero-order valence-corrected chi connectivity index (χ0v) is 15.8. The van der Waals surface area contributed by atoms with Gasteiger partial charge in [0.05, 0.1) is 25.3 Å². The van der Waals surface area contributed by atoms with Gasteiger partial charge in [-0.2, -0.15) is 0 Å². The Bertz CT molecular complexity index is 846. The van der Waals surface area contributed by atoms with Crippen LogP contribution in [0.5, 0.6) is 0 Å². The maximum absolute atomic E-state index is 14.8. The second-order valence-corrected chi connectivity index (χ2v) is 7.62. The molecular weight excluding hydrogens is 370 g/mol. The van der Waals surface area contributed by atoms with Gasteiger partial charge in [-0.25, -0.2) is 13.6 Å². The molecule has 1 spiro atoms. The van der Waals surface area contributed by atoms with E-state index in [0.29, 0.717) is 13.1 Å². The molecule has 1 atom stereocenters. The molecule has 2 aliphatic heterocycles. The maximum atomic E-state index is 14.8. The monoisotopic (exact) mass is 392 g/mol. The highest BCUT2D eigenvalue weighted by molar-refractivity contribution is 5.99. The minimum absolute atomic E-state index is 0.0258. The molecule has 1 saturated carbocycles. The van der Waals surface area contributed by atoms with E-state index in [4.69, 9.17) is 4.74 Å². The molecule has 3 fully saturated rings. The minimum Gasteiger partial charge on any atom is -0.442 e. The van der Waals surface area contributed by atoms with Crippen LogP contribution in [0, 0.1) is 17.0 Å². The number of carbonyl (C=O) groups is 2. The Morgan fingerprint density at radius 2 is 2.04 bits per heavy atom. The van der Waals surface area contributed by atoms with Crippen molar-refractivity contribution in [2.24, 2.45) is 10.4 Å². The first-order valence-corrected chi connectivity index (χ1v) is 9.26. The Morgan fingerprint density at radius 3 is 2.57 bits per heavy atom. The van der Waals surface area contributed by atoms with Gasteiger partial charge < -0.3 is 15.0 Å². The smallest absolute Gasteiger partial charge is 0.414 e. The average molecular weight is 392 g/mol. The van der Waals surface area contributed by atoms with Crippen molar-refractivity contribution in [1.29, 1.82) is 0 Å². The topological polar surface area (TPSA) is 74.2 Å². The van der Waals surface area contributed by atoms with Crippen LogP contribution >= 0.6 is 0 Å². The number of hydrogen-bond donors (Lipinski definition) is 1. The molecule has 9 heteroatoms. The molecule has 0 aromatic heterocycles. The number of nitrogens with zero attached hydrogens (tertiary/aromatic N) is 3. The van der Waals surface area contributed by atoms with E-state index >= 15 is 0 Å². The van der Waals surface area contributed by atoms with Gasteiger partial charge in [0, 0.05) is 43.8 Å². The van der Waals surface area contributed by atoms with E-state index in [1.165, 1.54) is 11.8 Å². The van der Waals surface area contributed by atoms with Crippen LogP contribution in [-0.4, -0.2) is 57.0 Å². The SMILES string of the molecule is CN=C1CN(c2c(F)cc(N3CC(CNC(C)=O)OC3=O)cc2F)CC12CC2. The highest BCUT2D eigenvalue weighted by atomic mass is 19.1. The average Bonchev–Trinajstić information content (AvgIpc) is 3.16. The van der Waals surface area contributed by atoms with Crippen LogP contribution in [0.1, 0.15) is 19.8 Å². The first-order chi connectivity index (χ1) is 13.3. The lowest BCUT2D eigenvalue weighted by molar-refractivity contribution is -0.119. The Kier molecular flexibility index (Phi) is 4.47. The van der Waals surface area contributed by atoms with Crippen molar-refractivity contribution in [3.8, 4) is 0 Å². The number of nitrogens with one attached hydrogen (secondary N) is 1.